The van der Waals surface area contributed by atoms with Gasteiger partial charge in [0.2, 0.25) is 0 Å². The highest BCUT2D eigenvalue weighted by Gasteiger charge is 2.09. The van der Waals surface area contributed by atoms with Gasteiger partial charge < -0.3 is 10.3 Å². The molecule has 0 aliphatic heterocycles. The van der Waals surface area contributed by atoms with Crippen molar-refractivity contribution in [3.05, 3.63) is 78.8 Å². The van der Waals surface area contributed by atoms with Crippen LogP contribution in [-0.2, 0) is 0 Å². The molecule has 0 fully saturated rings. The Morgan fingerprint density at radius 2 is 1.83 bits per heavy atom. The molecule has 0 radical (unpaired) electrons. The van der Waals surface area contributed by atoms with Gasteiger partial charge in [0.1, 0.15) is 12.0 Å². The van der Waals surface area contributed by atoms with E-state index in [0.29, 0.717) is 5.56 Å². The molecule has 0 bridgehead atoms. The summed E-state index contributed by atoms with van der Waals surface area (Å²) in [6.07, 6.45) is 3.37. The number of anilines is 1. The molecule has 1 amide bonds. The number of H-pyrrole nitrogens is 1. The summed E-state index contributed by atoms with van der Waals surface area (Å²) in [6, 6.07) is 18.7. The van der Waals surface area contributed by atoms with Gasteiger partial charge >= 0.3 is 0 Å². The van der Waals surface area contributed by atoms with Gasteiger partial charge in [-0.05, 0) is 30.3 Å². The first-order valence-electron chi connectivity index (χ1n) is 7.56. The monoisotopic (exact) mass is 314 g/mol. The van der Waals surface area contributed by atoms with Gasteiger partial charge in [-0.3, -0.25) is 4.79 Å². The molecule has 4 aromatic rings. The van der Waals surface area contributed by atoms with Gasteiger partial charge in [0.05, 0.1) is 5.69 Å². The summed E-state index contributed by atoms with van der Waals surface area (Å²) in [5, 5.41) is 3.87. The maximum absolute atomic E-state index is 12.3. The van der Waals surface area contributed by atoms with Gasteiger partial charge in [0.25, 0.3) is 5.91 Å². The Bertz CT molecular complexity index is 1010. The molecule has 2 aromatic heterocycles. The minimum Gasteiger partial charge on any atom is -0.346 e. The number of carbonyl (C=O) groups excluding carboxylic acids is 1. The van der Waals surface area contributed by atoms with E-state index in [-0.39, 0.29) is 5.91 Å². The number of nitrogens with zero attached hydrogens (tertiary/aromatic N) is 2. The molecular formula is C19H14N4O. The largest absolute Gasteiger partial charge is 0.346 e. The standard InChI is InChI=1S/C19H14N4O/c24-19(13-5-2-1-3-6-13)23-15-8-4-7-14(11-15)17-16-9-10-20-18(16)22-12-21-17/h1-12H,(H,23,24)(H,20,21,22). The summed E-state index contributed by atoms with van der Waals surface area (Å²) in [6.45, 7) is 0. The third-order valence-electron chi connectivity index (χ3n) is 3.78. The zero-order valence-electron chi connectivity index (χ0n) is 12.7. The molecule has 116 valence electrons. The van der Waals surface area contributed by atoms with Crippen LogP contribution in [0.4, 0.5) is 5.69 Å². The summed E-state index contributed by atoms with van der Waals surface area (Å²) in [5.41, 5.74) is 3.89. The molecule has 0 saturated carbocycles. The van der Waals surface area contributed by atoms with Crippen LogP contribution in [0.5, 0.6) is 0 Å². The van der Waals surface area contributed by atoms with E-state index in [1.54, 1.807) is 12.1 Å². The van der Waals surface area contributed by atoms with Crippen LogP contribution >= 0.6 is 0 Å². The first kappa shape index (κ1) is 14.1. The molecule has 2 heterocycles. The van der Waals surface area contributed by atoms with Crippen molar-refractivity contribution in [2.75, 3.05) is 5.32 Å². The number of fused-ring (bicyclic) bond motifs is 1. The molecule has 0 unspecified atom stereocenters. The quantitative estimate of drug-likeness (QED) is 0.603. The summed E-state index contributed by atoms with van der Waals surface area (Å²) < 4.78 is 0. The first-order chi connectivity index (χ1) is 11.8. The van der Waals surface area contributed by atoms with Gasteiger partial charge in [0, 0.05) is 28.4 Å². The highest BCUT2D eigenvalue weighted by Crippen LogP contribution is 2.26. The van der Waals surface area contributed by atoms with E-state index in [1.165, 1.54) is 6.33 Å². The summed E-state index contributed by atoms with van der Waals surface area (Å²) in [7, 11) is 0. The second kappa shape index (κ2) is 5.96. The van der Waals surface area contributed by atoms with Gasteiger partial charge in [-0.1, -0.05) is 30.3 Å². The highest BCUT2D eigenvalue weighted by atomic mass is 16.1. The van der Waals surface area contributed by atoms with E-state index < -0.39 is 0 Å². The number of carbonyl (C=O) groups is 1. The fourth-order valence-electron chi connectivity index (χ4n) is 2.64. The number of benzene rings is 2. The van der Waals surface area contributed by atoms with Crippen LogP contribution in [-0.4, -0.2) is 20.9 Å². The van der Waals surface area contributed by atoms with Crippen LogP contribution in [0.2, 0.25) is 0 Å². The van der Waals surface area contributed by atoms with E-state index in [4.69, 9.17) is 0 Å². The molecule has 4 rings (SSSR count). The molecule has 0 atom stereocenters. The van der Waals surface area contributed by atoms with Crippen LogP contribution in [0.25, 0.3) is 22.3 Å². The van der Waals surface area contributed by atoms with Crippen LogP contribution in [0, 0.1) is 0 Å². The Morgan fingerprint density at radius 1 is 0.958 bits per heavy atom. The van der Waals surface area contributed by atoms with E-state index in [1.807, 2.05) is 54.7 Å². The first-order valence-corrected chi connectivity index (χ1v) is 7.56. The maximum atomic E-state index is 12.3. The molecule has 0 aliphatic rings. The smallest absolute Gasteiger partial charge is 0.255 e. The average Bonchev–Trinajstić information content (AvgIpc) is 3.11. The second-order valence-corrected chi connectivity index (χ2v) is 5.36. The topological polar surface area (TPSA) is 70.7 Å². The Labute approximate surface area is 138 Å². The number of aromatic nitrogens is 3. The van der Waals surface area contributed by atoms with Crippen molar-refractivity contribution in [3.63, 3.8) is 0 Å². The van der Waals surface area contributed by atoms with E-state index in [9.17, 15) is 4.79 Å². The normalized spacial score (nSPS) is 10.7. The van der Waals surface area contributed by atoms with Crippen LogP contribution in [0.3, 0.4) is 0 Å². The van der Waals surface area contributed by atoms with Gasteiger partial charge in [-0.2, -0.15) is 0 Å². The predicted octanol–water partition coefficient (Wildman–Crippen LogP) is 3.88. The van der Waals surface area contributed by atoms with Crippen molar-refractivity contribution in [1.82, 2.24) is 15.0 Å². The third-order valence-corrected chi connectivity index (χ3v) is 3.78. The van der Waals surface area contributed by atoms with Gasteiger partial charge in [-0.25, -0.2) is 9.97 Å². The van der Waals surface area contributed by atoms with Crippen molar-refractivity contribution in [3.8, 4) is 11.3 Å². The Kier molecular flexibility index (Phi) is 3.51. The number of nitrogens with one attached hydrogen (secondary N) is 2. The lowest BCUT2D eigenvalue weighted by Crippen LogP contribution is -2.11. The highest BCUT2D eigenvalue weighted by molar-refractivity contribution is 6.04. The number of hydrogen-bond acceptors (Lipinski definition) is 3. The van der Waals surface area contributed by atoms with Gasteiger partial charge in [-0.15, -0.1) is 0 Å². The van der Waals surface area contributed by atoms with Gasteiger partial charge in [0.15, 0.2) is 0 Å². The number of amides is 1. The van der Waals surface area contributed by atoms with Crippen molar-refractivity contribution >= 4 is 22.6 Å². The summed E-state index contributed by atoms with van der Waals surface area (Å²) in [5.74, 6) is -0.137. The Morgan fingerprint density at radius 3 is 2.71 bits per heavy atom. The molecule has 2 aromatic carbocycles. The second-order valence-electron chi connectivity index (χ2n) is 5.36. The average molecular weight is 314 g/mol. The SMILES string of the molecule is O=C(Nc1cccc(-c2ncnc3[nH]ccc23)c1)c1ccccc1. The lowest BCUT2D eigenvalue weighted by atomic mass is 10.1. The lowest BCUT2D eigenvalue weighted by Gasteiger charge is -2.08. The molecule has 24 heavy (non-hydrogen) atoms. The minimum atomic E-state index is -0.137. The third kappa shape index (κ3) is 2.63. The van der Waals surface area contributed by atoms with E-state index >= 15 is 0 Å². The molecule has 0 spiro atoms. The molecule has 2 N–H and O–H groups in total. The zero-order chi connectivity index (χ0) is 16.4. The van der Waals surface area contributed by atoms with Crippen LogP contribution in [0.15, 0.2) is 73.2 Å². The molecule has 0 saturated heterocycles. The van der Waals surface area contributed by atoms with Crippen molar-refractivity contribution in [2.24, 2.45) is 0 Å². The molecule has 5 nitrogen and oxygen atoms in total. The molecular weight excluding hydrogens is 300 g/mol. The minimum absolute atomic E-state index is 0.137. The summed E-state index contributed by atoms with van der Waals surface area (Å²) in [4.78, 5) is 24.0. The fraction of sp³-hybridized carbons (Fsp3) is 0. The lowest BCUT2D eigenvalue weighted by molar-refractivity contribution is 0.102. The zero-order valence-corrected chi connectivity index (χ0v) is 12.7. The van der Waals surface area contributed by atoms with Crippen molar-refractivity contribution in [2.45, 2.75) is 0 Å². The number of hydrogen-bond donors (Lipinski definition) is 2. The van der Waals surface area contributed by atoms with Crippen LogP contribution in [0.1, 0.15) is 10.4 Å². The Hall–Kier alpha value is -3.47. The van der Waals surface area contributed by atoms with Crippen LogP contribution < -0.4 is 5.32 Å². The number of aromatic amines is 1. The number of rotatable bonds is 3. The van der Waals surface area contributed by atoms with Crippen molar-refractivity contribution < 1.29 is 4.79 Å². The Balaban J connectivity index is 1.67. The molecule has 0 aliphatic carbocycles. The molecule has 5 heteroatoms. The maximum Gasteiger partial charge on any atom is 0.255 e. The predicted molar refractivity (Wildman–Crippen MR) is 93.7 cm³/mol. The summed E-state index contributed by atoms with van der Waals surface area (Å²) >= 11 is 0. The van der Waals surface area contributed by atoms with Crippen molar-refractivity contribution in [1.29, 1.82) is 0 Å². The fourth-order valence-corrected chi connectivity index (χ4v) is 2.64. The van der Waals surface area contributed by atoms with E-state index in [2.05, 4.69) is 20.3 Å². The van der Waals surface area contributed by atoms with E-state index in [0.717, 1.165) is 28.0 Å².